The van der Waals surface area contributed by atoms with Crippen LogP contribution < -0.4 is 5.32 Å². The maximum atomic E-state index is 11.4. The van der Waals surface area contributed by atoms with Crippen molar-refractivity contribution < 1.29 is 9.53 Å². The van der Waals surface area contributed by atoms with Crippen LogP contribution >= 0.6 is 11.8 Å². The van der Waals surface area contributed by atoms with Crippen LogP contribution in [0.2, 0.25) is 0 Å². The van der Waals surface area contributed by atoms with E-state index in [1.54, 1.807) is 6.26 Å². The smallest absolute Gasteiger partial charge is 0.351 e. The molecule has 0 amide bonds. The van der Waals surface area contributed by atoms with Crippen molar-refractivity contribution in [3.05, 3.63) is 40.9 Å². The third-order valence-electron chi connectivity index (χ3n) is 1.96. The van der Waals surface area contributed by atoms with Crippen molar-refractivity contribution in [2.75, 3.05) is 18.7 Å². The fraction of sp³-hybridized carbons (Fsp3) is 0.167. The molecular formula is C12H12N2O2S. The van der Waals surface area contributed by atoms with E-state index in [0.29, 0.717) is 5.03 Å². The van der Waals surface area contributed by atoms with E-state index in [2.05, 4.69) is 10.1 Å². The molecule has 0 aliphatic carbocycles. The number of nitrogens with one attached hydrogen (secondary N) is 1. The van der Waals surface area contributed by atoms with Gasteiger partial charge in [0.1, 0.15) is 6.07 Å². The Kier molecular flexibility index (Phi) is 5.11. The Morgan fingerprint density at radius 3 is 2.53 bits per heavy atom. The van der Waals surface area contributed by atoms with Crippen molar-refractivity contribution in [1.82, 2.24) is 0 Å². The van der Waals surface area contributed by atoms with E-state index in [1.807, 2.05) is 36.4 Å². The van der Waals surface area contributed by atoms with Gasteiger partial charge in [0.05, 0.1) is 12.1 Å². The molecule has 1 rings (SSSR count). The number of carbonyl (C=O) groups excluding carboxylic acids is 1. The minimum absolute atomic E-state index is 0.0242. The van der Waals surface area contributed by atoms with Gasteiger partial charge >= 0.3 is 5.97 Å². The van der Waals surface area contributed by atoms with E-state index in [9.17, 15) is 4.79 Å². The highest BCUT2D eigenvalue weighted by Crippen LogP contribution is 2.20. The van der Waals surface area contributed by atoms with Gasteiger partial charge < -0.3 is 10.1 Å². The van der Waals surface area contributed by atoms with Crippen molar-refractivity contribution >= 4 is 23.4 Å². The van der Waals surface area contributed by atoms with Crippen molar-refractivity contribution in [2.24, 2.45) is 0 Å². The molecule has 0 heterocycles. The van der Waals surface area contributed by atoms with Gasteiger partial charge in [0, 0.05) is 5.69 Å². The normalized spacial score (nSPS) is 11.1. The van der Waals surface area contributed by atoms with Crippen LogP contribution in [0.3, 0.4) is 0 Å². The third-order valence-corrected chi connectivity index (χ3v) is 2.68. The van der Waals surface area contributed by atoms with Gasteiger partial charge in [-0.2, -0.15) is 5.26 Å². The lowest BCUT2D eigenvalue weighted by Gasteiger charge is -2.09. The van der Waals surface area contributed by atoms with Crippen LogP contribution in [0.25, 0.3) is 0 Å². The summed E-state index contributed by atoms with van der Waals surface area (Å²) >= 11 is 1.29. The molecule has 1 N–H and O–H groups in total. The molecule has 0 spiro atoms. The number of anilines is 1. The fourth-order valence-corrected chi connectivity index (χ4v) is 1.71. The number of nitrogens with zero attached hydrogens (tertiary/aromatic N) is 1. The number of thioether (sulfide) groups is 1. The lowest BCUT2D eigenvalue weighted by atomic mass is 10.3. The molecule has 5 heteroatoms. The highest BCUT2D eigenvalue weighted by atomic mass is 32.2. The average Bonchev–Trinajstić information content (AvgIpc) is 2.39. The Hall–Kier alpha value is -1.93. The number of methoxy groups -OCH3 is 1. The second-order valence-corrected chi connectivity index (χ2v) is 3.82. The molecule has 17 heavy (non-hydrogen) atoms. The topological polar surface area (TPSA) is 62.1 Å². The number of nitriles is 1. The largest absolute Gasteiger partial charge is 0.465 e. The van der Waals surface area contributed by atoms with Crippen LogP contribution in [0.5, 0.6) is 0 Å². The second kappa shape index (κ2) is 6.61. The van der Waals surface area contributed by atoms with E-state index in [4.69, 9.17) is 5.26 Å². The van der Waals surface area contributed by atoms with Crippen molar-refractivity contribution in [3.63, 3.8) is 0 Å². The van der Waals surface area contributed by atoms with E-state index >= 15 is 0 Å². The molecule has 0 aliphatic heterocycles. The number of para-hydroxylation sites is 1. The Labute approximate surface area is 104 Å². The van der Waals surface area contributed by atoms with Gasteiger partial charge in [-0.3, -0.25) is 0 Å². The second-order valence-electron chi connectivity index (χ2n) is 3.00. The van der Waals surface area contributed by atoms with Gasteiger partial charge in [0.15, 0.2) is 5.57 Å². The number of hydrogen-bond donors (Lipinski definition) is 1. The van der Waals surface area contributed by atoms with Crippen molar-refractivity contribution in [2.45, 2.75) is 0 Å². The molecule has 0 aliphatic rings. The van der Waals surface area contributed by atoms with Crippen LogP contribution in [0.4, 0.5) is 5.69 Å². The summed E-state index contributed by atoms with van der Waals surface area (Å²) in [6.07, 6.45) is 1.78. The molecule has 0 fully saturated rings. The molecule has 0 atom stereocenters. The van der Waals surface area contributed by atoms with Crippen LogP contribution in [-0.4, -0.2) is 19.3 Å². The Morgan fingerprint density at radius 2 is 2.06 bits per heavy atom. The van der Waals surface area contributed by atoms with Crippen molar-refractivity contribution in [1.29, 1.82) is 5.26 Å². The first-order valence-corrected chi connectivity index (χ1v) is 6.04. The minimum atomic E-state index is -0.639. The highest BCUT2D eigenvalue weighted by molar-refractivity contribution is 8.02. The molecule has 88 valence electrons. The number of hydrogen-bond acceptors (Lipinski definition) is 5. The maximum Gasteiger partial charge on any atom is 0.351 e. The zero-order valence-corrected chi connectivity index (χ0v) is 10.4. The molecular weight excluding hydrogens is 236 g/mol. The first-order valence-electron chi connectivity index (χ1n) is 4.81. The van der Waals surface area contributed by atoms with Crippen LogP contribution in [0, 0.1) is 11.3 Å². The van der Waals surface area contributed by atoms with Gasteiger partial charge in [-0.25, -0.2) is 4.79 Å². The first-order chi connectivity index (χ1) is 8.22. The van der Waals surface area contributed by atoms with Gasteiger partial charge in [-0.1, -0.05) is 18.2 Å². The Balaban J connectivity index is 3.02. The summed E-state index contributed by atoms with van der Waals surface area (Å²) in [6, 6.07) is 11.2. The van der Waals surface area contributed by atoms with E-state index < -0.39 is 5.97 Å². The number of ether oxygens (including phenoxy) is 1. The number of carbonyl (C=O) groups is 1. The molecule has 0 saturated heterocycles. The molecule has 0 unspecified atom stereocenters. The maximum absolute atomic E-state index is 11.4. The zero-order valence-electron chi connectivity index (χ0n) is 9.56. The predicted octanol–water partition coefficient (Wildman–Crippen LogP) is 2.37. The summed E-state index contributed by atoms with van der Waals surface area (Å²) in [6.45, 7) is 0. The summed E-state index contributed by atoms with van der Waals surface area (Å²) < 4.78 is 4.55. The monoisotopic (exact) mass is 248 g/mol. The van der Waals surface area contributed by atoms with Gasteiger partial charge in [0.25, 0.3) is 0 Å². The summed E-state index contributed by atoms with van der Waals surface area (Å²) in [5.74, 6) is -0.639. The number of benzene rings is 1. The third kappa shape index (κ3) is 3.54. The molecule has 0 aromatic heterocycles. The van der Waals surface area contributed by atoms with E-state index in [0.717, 1.165) is 5.69 Å². The minimum Gasteiger partial charge on any atom is -0.465 e. The van der Waals surface area contributed by atoms with Crippen molar-refractivity contribution in [3.8, 4) is 6.07 Å². The van der Waals surface area contributed by atoms with E-state index in [1.165, 1.54) is 18.9 Å². The quantitative estimate of drug-likeness (QED) is 0.503. The molecule has 4 nitrogen and oxygen atoms in total. The van der Waals surface area contributed by atoms with Gasteiger partial charge in [-0.15, -0.1) is 11.8 Å². The molecule has 0 bridgehead atoms. The van der Waals surface area contributed by atoms with E-state index in [-0.39, 0.29) is 5.57 Å². The average molecular weight is 248 g/mol. The fourth-order valence-electron chi connectivity index (χ4n) is 1.16. The van der Waals surface area contributed by atoms with Crippen LogP contribution in [0.15, 0.2) is 40.9 Å². The SMILES string of the molecule is COC(=O)/C(C#N)=C(\Nc1ccccc1)SC. The first kappa shape index (κ1) is 13.1. The summed E-state index contributed by atoms with van der Waals surface area (Å²) in [5.41, 5.74) is 0.789. The molecule has 0 saturated carbocycles. The highest BCUT2D eigenvalue weighted by Gasteiger charge is 2.15. The molecule has 1 aromatic carbocycles. The summed E-state index contributed by atoms with van der Waals surface area (Å²) in [7, 11) is 1.25. The Morgan fingerprint density at radius 1 is 1.41 bits per heavy atom. The zero-order chi connectivity index (χ0) is 12.7. The van der Waals surface area contributed by atoms with Gasteiger partial charge in [0.2, 0.25) is 0 Å². The lowest BCUT2D eigenvalue weighted by Crippen LogP contribution is -2.09. The molecule has 1 aromatic rings. The number of esters is 1. The summed E-state index contributed by atoms with van der Waals surface area (Å²) in [5, 5.41) is 12.4. The summed E-state index contributed by atoms with van der Waals surface area (Å²) in [4.78, 5) is 11.4. The van der Waals surface area contributed by atoms with Crippen LogP contribution in [0.1, 0.15) is 0 Å². The van der Waals surface area contributed by atoms with Gasteiger partial charge in [-0.05, 0) is 18.4 Å². The standard InChI is InChI=1S/C12H12N2O2S/c1-16-12(15)10(8-13)11(17-2)14-9-6-4-3-5-7-9/h3-7,14H,1-2H3/b11-10+. The molecule has 0 radical (unpaired) electrons. The predicted molar refractivity (Wildman–Crippen MR) is 68.2 cm³/mol. The lowest BCUT2D eigenvalue weighted by molar-refractivity contribution is -0.135. The number of rotatable bonds is 4. The van der Waals surface area contributed by atoms with Crippen LogP contribution in [-0.2, 0) is 9.53 Å². The Bertz CT molecular complexity index is 463.